The van der Waals surface area contributed by atoms with Crippen LogP contribution in [0.3, 0.4) is 0 Å². The lowest BCUT2D eigenvalue weighted by Crippen LogP contribution is -2.35. The van der Waals surface area contributed by atoms with Crippen LogP contribution in [0, 0.1) is 0 Å². The summed E-state index contributed by atoms with van der Waals surface area (Å²) >= 11 is 0. The number of benzene rings is 1. The molecule has 1 unspecified atom stereocenters. The summed E-state index contributed by atoms with van der Waals surface area (Å²) in [6.45, 7) is 1.14. The van der Waals surface area contributed by atoms with Crippen LogP contribution in [-0.2, 0) is 25.0 Å². The van der Waals surface area contributed by atoms with Gasteiger partial charge in [-0.25, -0.2) is 8.42 Å². The molecule has 1 aromatic carbocycles. The average molecular weight is 318 g/mol. The van der Waals surface area contributed by atoms with Crippen molar-refractivity contribution in [2.75, 3.05) is 13.2 Å². The third kappa shape index (κ3) is 4.19. The van der Waals surface area contributed by atoms with E-state index in [2.05, 4.69) is 5.32 Å². The topological polar surface area (TPSA) is 72.5 Å². The van der Waals surface area contributed by atoms with Crippen LogP contribution in [0.5, 0.6) is 0 Å². The van der Waals surface area contributed by atoms with Crippen molar-refractivity contribution >= 4 is 25.6 Å². The Morgan fingerprint density at radius 3 is 2.60 bits per heavy atom. The van der Waals surface area contributed by atoms with Crippen molar-refractivity contribution in [1.29, 1.82) is 0 Å². The van der Waals surface area contributed by atoms with Gasteiger partial charge in [-0.05, 0) is 37.0 Å². The Hall–Kier alpha value is -1.11. The molecule has 20 heavy (non-hydrogen) atoms. The molecule has 5 nitrogen and oxygen atoms in total. The minimum absolute atomic E-state index is 0.0753. The second-order valence-corrected chi connectivity index (χ2v) is 7.19. The van der Waals surface area contributed by atoms with Crippen LogP contribution < -0.4 is 5.32 Å². The standard InChI is InChI=1S/C13H16ClNO4S/c14-20(17,18)11-5-3-10(4-6-11)7-8-15-13(16)12-2-1-9-19-12/h3-6,12H,1-2,7-9H2,(H,15,16). The molecular formula is C13H16ClNO4S. The highest BCUT2D eigenvalue weighted by Gasteiger charge is 2.22. The van der Waals surface area contributed by atoms with E-state index in [0.717, 1.165) is 18.4 Å². The van der Waals surface area contributed by atoms with Crippen molar-refractivity contribution in [2.45, 2.75) is 30.3 Å². The second-order valence-electron chi connectivity index (χ2n) is 4.62. The van der Waals surface area contributed by atoms with Crippen LogP contribution in [0.1, 0.15) is 18.4 Å². The van der Waals surface area contributed by atoms with Crippen LogP contribution in [0.2, 0.25) is 0 Å². The fourth-order valence-electron chi connectivity index (χ4n) is 2.05. The summed E-state index contributed by atoms with van der Waals surface area (Å²) in [7, 11) is 1.55. The van der Waals surface area contributed by atoms with Gasteiger partial charge >= 0.3 is 0 Å². The Morgan fingerprint density at radius 1 is 1.35 bits per heavy atom. The third-order valence-electron chi connectivity index (χ3n) is 3.14. The first-order valence-electron chi connectivity index (χ1n) is 6.40. The van der Waals surface area contributed by atoms with Crippen LogP contribution in [-0.4, -0.2) is 33.6 Å². The molecule has 110 valence electrons. The summed E-state index contributed by atoms with van der Waals surface area (Å²) in [6.07, 6.45) is 2.00. The molecule has 1 fully saturated rings. The second kappa shape index (κ2) is 6.56. The van der Waals surface area contributed by atoms with Crippen molar-refractivity contribution < 1.29 is 17.9 Å². The van der Waals surface area contributed by atoms with Gasteiger partial charge in [-0.1, -0.05) is 12.1 Å². The van der Waals surface area contributed by atoms with Crippen LogP contribution in [0.25, 0.3) is 0 Å². The monoisotopic (exact) mass is 317 g/mol. The number of hydrogen-bond acceptors (Lipinski definition) is 4. The quantitative estimate of drug-likeness (QED) is 0.834. The van der Waals surface area contributed by atoms with E-state index in [9.17, 15) is 13.2 Å². The molecule has 1 aliphatic heterocycles. The summed E-state index contributed by atoms with van der Waals surface area (Å²) in [5.41, 5.74) is 0.932. The molecule has 0 aromatic heterocycles. The molecule has 0 aliphatic carbocycles. The molecule has 0 saturated carbocycles. The number of carbonyl (C=O) groups excluding carboxylic acids is 1. The maximum Gasteiger partial charge on any atom is 0.261 e. The van der Waals surface area contributed by atoms with Crippen LogP contribution in [0.4, 0.5) is 0 Å². The first-order chi connectivity index (χ1) is 9.47. The predicted octanol–water partition coefficient (Wildman–Crippen LogP) is 1.45. The Balaban J connectivity index is 1.81. The molecule has 1 N–H and O–H groups in total. The average Bonchev–Trinajstić information content (AvgIpc) is 2.92. The maximum atomic E-state index is 11.7. The van der Waals surface area contributed by atoms with E-state index in [-0.39, 0.29) is 16.9 Å². The molecule has 1 heterocycles. The fourth-order valence-corrected chi connectivity index (χ4v) is 2.82. The highest BCUT2D eigenvalue weighted by Crippen LogP contribution is 2.15. The molecule has 0 radical (unpaired) electrons. The largest absolute Gasteiger partial charge is 0.368 e. The van der Waals surface area contributed by atoms with Crippen molar-refractivity contribution in [2.24, 2.45) is 0 Å². The molecule has 0 spiro atoms. The summed E-state index contributed by atoms with van der Waals surface area (Å²) in [5, 5.41) is 2.81. The van der Waals surface area contributed by atoms with E-state index in [4.69, 9.17) is 15.4 Å². The van der Waals surface area contributed by atoms with Gasteiger partial charge < -0.3 is 10.1 Å². The SMILES string of the molecule is O=C(NCCc1ccc(S(=O)(=O)Cl)cc1)C1CCCO1. The van der Waals surface area contributed by atoms with Gasteiger partial charge in [-0.15, -0.1) is 0 Å². The fraction of sp³-hybridized carbons (Fsp3) is 0.462. The molecular weight excluding hydrogens is 302 g/mol. The normalized spacial score (nSPS) is 18.9. The number of carbonyl (C=O) groups is 1. The number of hydrogen-bond donors (Lipinski definition) is 1. The molecule has 1 amide bonds. The minimum Gasteiger partial charge on any atom is -0.368 e. The van der Waals surface area contributed by atoms with E-state index in [1.54, 1.807) is 12.1 Å². The lowest BCUT2D eigenvalue weighted by Gasteiger charge is -2.10. The van der Waals surface area contributed by atoms with E-state index in [0.29, 0.717) is 19.6 Å². The zero-order chi connectivity index (χ0) is 14.6. The van der Waals surface area contributed by atoms with Crippen LogP contribution in [0.15, 0.2) is 29.2 Å². The zero-order valence-electron chi connectivity index (χ0n) is 10.8. The minimum atomic E-state index is -3.68. The Bertz CT molecular complexity index is 565. The van der Waals surface area contributed by atoms with E-state index >= 15 is 0 Å². The van der Waals surface area contributed by atoms with Gasteiger partial charge in [-0.2, -0.15) is 0 Å². The van der Waals surface area contributed by atoms with Crippen LogP contribution >= 0.6 is 10.7 Å². The molecule has 1 saturated heterocycles. The first-order valence-corrected chi connectivity index (χ1v) is 8.71. The van der Waals surface area contributed by atoms with Gasteiger partial charge in [0.2, 0.25) is 5.91 Å². The number of nitrogens with one attached hydrogen (secondary N) is 1. The molecule has 0 bridgehead atoms. The summed E-state index contributed by atoms with van der Waals surface area (Å²) < 4.78 is 27.5. The van der Waals surface area contributed by atoms with Gasteiger partial charge in [0.15, 0.2) is 0 Å². The zero-order valence-corrected chi connectivity index (χ0v) is 12.4. The number of amides is 1. The molecule has 1 atom stereocenters. The first kappa shape index (κ1) is 15.3. The lowest BCUT2D eigenvalue weighted by molar-refractivity contribution is -0.129. The Kier molecular flexibility index (Phi) is 5.01. The number of ether oxygens (including phenoxy) is 1. The lowest BCUT2D eigenvalue weighted by atomic mass is 10.1. The molecule has 1 aromatic rings. The van der Waals surface area contributed by atoms with Crippen molar-refractivity contribution in [1.82, 2.24) is 5.32 Å². The van der Waals surface area contributed by atoms with Crippen molar-refractivity contribution in [3.8, 4) is 0 Å². The smallest absolute Gasteiger partial charge is 0.261 e. The maximum absolute atomic E-state index is 11.7. The molecule has 1 aliphatic rings. The van der Waals surface area contributed by atoms with Crippen molar-refractivity contribution in [3.63, 3.8) is 0 Å². The van der Waals surface area contributed by atoms with Gasteiger partial charge in [0, 0.05) is 23.8 Å². The predicted molar refractivity (Wildman–Crippen MR) is 75.2 cm³/mol. The Labute approximate surface area is 122 Å². The van der Waals surface area contributed by atoms with Gasteiger partial charge in [0.1, 0.15) is 6.10 Å². The summed E-state index contributed by atoms with van der Waals surface area (Å²) in [6, 6.07) is 6.29. The Morgan fingerprint density at radius 2 is 2.05 bits per heavy atom. The summed E-state index contributed by atoms with van der Waals surface area (Å²) in [5.74, 6) is -0.0811. The van der Waals surface area contributed by atoms with E-state index in [1.807, 2.05) is 0 Å². The van der Waals surface area contributed by atoms with Gasteiger partial charge in [0.05, 0.1) is 4.90 Å². The van der Waals surface area contributed by atoms with E-state index < -0.39 is 9.05 Å². The third-order valence-corrected chi connectivity index (χ3v) is 4.51. The number of rotatable bonds is 5. The molecule has 2 rings (SSSR count). The van der Waals surface area contributed by atoms with E-state index in [1.165, 1.54) is 12.1 Å². The van der Waals surface area contributed by atoms with Gasteiger partial charge in [0.25, 0.3) is 9.05 Å². The van der Waals surface area contributed by atoms with Gasteiger partial charge in [-0.3, -0.25) is 4.79 Å². The van der Waals surface area contributed by atoms with Crippen molar-refractivity contribution in [3.05, 3.63) is 29.8 Å². The summed E-state index contributed by atoms with van der Waals surface area (Å²) in [4.78, 5) is 11.8. The molecule has 7 heteroatoms. The highest BCUT2D eigenvalue weighted by atomic mass is 35.7. The highest BCUT2D eigenvalue weighted by molar-refractivity contribution is 8.13. The number of halogens is 1.